The van der Waals surface area contributed by atoms with E-state index in [9.17, 15) is 4.79 Å². The van der Waals surface area contributed by atoms with Crippen LogP contribution in [-0.2, 0) is 11.2 Å². The lowest BCUT2D eigenvalue weighted by Gasteiger charge is -2.14. The number of likely N-dealkylation sites (tertiary alicyclic amines) is 1. The summed E-state index contributed by atoms with van der Waals surface area (Å²) in [4.78, 5) is 17.7. The minimum Gasteiger partial charge on any atom is -0.345 e. The molecular formula is C13H18N2O. The van der Waals surface area contributed by atoms with Gasteiger partial charge in [0.15, 0.2) is 0 Å². The Morgan fingerprint density at radius 3 is 2.75 bits per heavy atom. The van der Waals surface area contributed by atoms with Gasteiger partial charge >= 0.3 is 0 Å². The zero-order valence-electron chi connectivity index (χ0n) is 9.89. The maximum absolute atomic E-state index is 11.9. The zero-order chi connectivity index (χ0) is 11.5. The molecule has 0 aliphatic carbocycles. The minimum atomic E-state index is 0.207. The van der Waals surface area contributed by atoms with E-state index >= 15 is 0 Å². The average molecular weight is 218 g/mol. The van der Waals surface area contributed by atoms with Crippen LogP contribution in [0.5, 0.6) is 0 Å². The van der Waals surface area contributed by atoms with Gasteiger partial charge in [-0.3, -0.25) is 9.78 Å². The van der Waals surface area contributed by atoms with Crippen LogP contribution >= 0.6 is 0 Å². The number of nitrogens with zero attached hydrogens (tertiary/aromatic N) is 2. The summed E-state index contributed by atoms with van der Waals surface area (Å²) in [5.41, 5.74) is 1.28. The first-order valence-corrected chi connectivity index (χ1v) is 5.86. The summed E-state index contributed by atoms with van der Waals surface area (Å²) in [6.45, 7) is 2.99. The summed E-state index contributed by atoms with van der Waals surface area (Å²) >= 11 is 0. The third-order valence-corrected chi connectivity index (χ3v) is 3.46. The molecule has 1 aliphatic heterocycles. The summed E-state index contributed by atoms with van der Waals surface area (Å²) in [6, 6.07) is 4.07. The van der Waals surface area contributed by atoms with E-state index in [2.05, 4.69) is 11.9 Å². The van der Waals surface area contributed by atoms with Crippen LogP contribution in [0.2, 0.25) is 0 Å². The molecule has 2 atom stereocenters. The van der Waals surface area contributed by atoms with Crippen molar-refractivity contribution in [3.05, 3.63) is 30.1 Å². The number of carbonyl (C=O) groups excluding carboxylic acids is 1. The van der Waals surface area contributed by atoms with E-state index in [1.807, 2.05) is 36.5 Å². The molecule has 3 heteroatoms. The maximum atomic E-state index is 11.9. The summed E-state index contributed by atoms with van der Waals surface area (Å²) in [5, 5.41) is 0. The lowest BCUT2D eigenvalue weighted by molar-refractivity contribution is -0.130. The maximum Gasteiger partial charge on any atom is 0.225 e. The van der Waals surface area contributed by atoms with E-state index in [-0.39, 0.29) is 5.92 Å². The Hall–Kier alpha value is -1.38. The first-order chi connectivity index (χ1) is 7.72. The van der Waals surface area contributed by atoms with Crippen molar-refractivity contribution in [2.75, 3.05) is 13.6 Å². The van der Waals surface area contributed by atoms with Crippen molar-refractivity contribution in [2.24, 2.45) is 11.8 Å². The van der Waals surface area contributed by atoms with E-state index in [4.69, 9.17) is 0 Å². The molecule has 1 amide bonds. The topological polar surface area (TPSA) is 33.2 Å². The molecule has 0 saturated carbocycles. The molecular weight excluding hydrogens is 200 g/mol. The van der Waals surface area contributed by atoms with Crippen LogP contribution in [0.15, 0.2) is 24.5 Å². The third-order valence-electron chi connectivity index (χ3n) is 3.46. The molecule has 3 nitrogen and oxygen atoms in total. The summed E-state index contributed by atoms with van der Waals surface area (Å²) in [7, 11) is 1.90. The van der Waals surface area contributed by atoms with Crippen molar-refractivity contribution in [3.63, 3.8) is 0 Å². The first-order valence-electron chi connectivity index (χ1n) is 5.86. The number of rotatable bonds is 3. The van der Waals surface area contributed by atoms with Gasteiger partial charge in [-0.2, -0.15) is 0 Å². The Labute approximate surface area is 96.5 Å². The van der Waals surface area contributed by atoms with Crippen LogP contribution in [0, 0.1) is 11.8 Å². The standard InChI is InChI=1S/C13H18N2O/c1-3-12-11(9-15(2)13(12)16)8-10-4-6-14-7-5-10/h4-7,11-12H,3,8-9H2,1-2H3. The number of carbonyl (C=O) groups is 1. The van der Waals surface area contributed by atoms with E-state index < -0.39 is 0 Å². The van der Waals surface area contributed by atoms with Crippen LogP contribution in [0.3, 0.4) is 0 Å². The molecule has 0 bridgehead atoms. The molecule has 1 aromatic heterocycles. The largest absolute Gasteiger partial charge is 0.345 e. The minimum absolute atomic E-state index is 0.207. The van der Waals surface area contributed by atoms with Crippen molar-refractivity contribution in [3.8, 4) is 0 Å². The summed E-state index contributed by atoms with van der Waals surface area (Å²) < 4.78 is 0. The lowest BCUT2D eigenvalue weighted by atomic mass is 9.88. The molecule has 1 saturated heterocycles. The van der Waals surface area contributed by atoms with Gasteiger partial charge in [-0.15, -0.1) is 0 Å². The molecule has 0 N–H and O–H groups in total. The van der Waals surface area contributed by atoms with Gasteiger partial charge in [0.25, 0.3) is 0 Å². The molecule has 1 fully saturated rings. The fourth-order valence-electron chi connectivity index (χ4n) is 2.59. The molecule has 0 aromatic carbocycles. The third kappa shape index (κ3) is 2.08. The smallest absolute Gasteiger partial charge is 0.225 e. The Balaban J connectivity index is 2.08. The molecule has 1 aromatic rings. The Kier molecular flexibility index (Phi) is 3.22. The Bertz CT molecular complexity index is 363. The van der Waals surface area contributed by atoms with E-state index in [1.54, 1.807) is 0 Å². The van der Waals surface area contributed by atoms with E-state index in [0.717, 1.165) is 19.4 Å². The summed E-state index contributed by atoms with van der Waals surface area (Å²) in [6.07, 6.45) is 5.56. The van der Waals surface area contributed by atoms with Crippen LogP contribution in [-0.4, -0.2) is 29.4 Å². The number of hydrogen-bond donors (Lipinski definition) is 0. The van der Waals surface area contributed by atoms with Crippen LogP contribution < -0.4 is 0 Å². The molecule has 1 aliphatic rings. The van der Waals surface area contributed by atoms with Crippen LogP contribution in [0.25, 0.3) is 0 Å². The highest BCUT2D eigenvalue weighted by Crippen LogP contribution is 2.29. The van der Waals surface area contributed by atoms with E-state index in [1.165, 1.54) is 5.56 Å². The Morgan fingerprint density at radius 1 is 1.44 bits per heavy atom. The van der Waals surface area contributed by atoms with Gasteiger partial charge in [0.1, 0.15) is 0 Å². The van der Waals surface area contributed by atoms with Crippen molar-refractivity contribution in [2.45, 2.75) is 19.8 Å². The van der Waals surface area contributed by atoms with Gasteiger partial charge in [0, 0.05) is 31.9 Å². The molecule has 2 heterocycles. The molecule has 0 spiro atoms. The second kappa shape index (κ2) is 4.64. The number of amides is 1. The fraction of sp³-hybridized carbons (Fsp3) is 0.538. The highest BCUT2D eigenvalue weighted by Gasteiger charge is 2.36. The molecule has 86 valence electrons. The van der Waals surface area contributed by atoms with E-state index in [0.29, 0.717) is 11.8 Å². The number of aromatic nitrogens is 1. The van der Waals surface area contributed by atoms with Crippen molar-refractivity contribution < 1.29 is 4.79 Å². The van der Waals surface area contributed by atoms with Crippen molar-refractivity contribution in [1.82, 2.24) is 9.88 Å². The number of pyridine rings is 1. The second-order valence-electron chi connectivity index (χ2n) is 4.55. The fourth-order valence-corrected chi connectivity index (χ4v) is 2.59. The van der Waals surface area contributed by atoms with Gasteiger partial charge in [-0.25, -0.2) is 0 Å². The zero-order valence-corrected chi connectivity index (χ0v) is 9.89. The molecule has 2 unspecified atom stereocenters. The lowest BCUT2D eigenvalue weighted by Crippen LogP contribution is -2.22. The van der Waals surface area contributed by atoms with Crippen molar-refractivity contribution >= 4 is 5.91 Å². The number of hydrogen-bond acceptors (Lipinski definition) is 2. The van der Waals surface area contributed by atoms with Gasteiger partial charge in [-0.1, -0.05) is 6.92 Å². The van der Waals surface area contributed by atoms with Crippen molar-refractivity contribution in [1.29, 1.82) is 0 Å². The van der Waals surface area contributed by atoms with Crippen LogP contribution in [0.1, 0.15) is 18.9 Å². The predicted octanol–water partition coefficient (Wildman–Crippen LogP) is 1.74. The molecule has 0 radical (unpaired) electrons. The SMILES string of the molecule is CCC1C(=O)N(C)CC1Cc1ccncc1. The molecule has 16 heavy (non-hydrogen) atoms. The quantitative estimate of drug-likeness (QED) is 0.774. The highest BCUT2D eigenvalue weighted by atomic mass is 16.2. The highest BCUT2D eigenvalue weighted by molar-refractivity contribution is 5.81. The van der Waals surface area contributed by atoms with Gasteiger partial charge in [-0.05, 0) is 36.5 Å². The van der Waals surface area contributed by atoms with Gasteiger partial charge < -0.3 is 4.90 Å². The van der Waals surface area contributed by atoms with Gasteiger partial charge in [0.05, 0.1) is 0 Å². The normalized spacial score (nSPS) is 25.1. The Morgan fingerprint density at radius 2 is 2.12 bits per heavy atom. The molecule has 2 rings (SSSR count). The summed E-state index contributed by atoms with van der Waals surface area (Å²) in [5.74, 6) is 0.977. The predicted molar refractivity (Wildman–Crippen MR) is 62.8 cm³/mol. The first kappa shape index (κ1) is 11.1. The second-order valence-corrected chi connectivity index (χ2v) is 4.55. The van der Waals surface area contributed by atoms with Crippen LogP contribution in [0.4, 0.5) is 0 Å². The average Bonchev–Trinajstić information content (AvgIpc) is 2.56. The van der Waals surface area contributed by atoms with Gasteiger partial charge in [0.2, 0.25) is 5.91 Å². The monoisotopic (exact) mass is 218 g/mol.